The molecule has 46 heavy (non-hydrogen) atoms. The summed E-state index contributed by atoms with van der Waals surface area (Å²) in [4.78, 5) is 14.7. The number of aromatic nitrogens is 5. The number of piperazine rings is 1. The van der Waals surface area contributed by atoms with Crippen LogP contribution in [0.3, 0.4) is 0 Å². The first-order valence-electron chi connectivity index (χ1n) is 16.1. The predicted molar refractivity (Wildman–Crippen MR) is 186 cm³/mol. The predicted octanol–water partition coefficient (Wildman–Crippen LogP) is 4.55. The summed E-state index contributed by atoms with van der Waals surface area (Å²) in [6, 6.07) is 12.6. The van der Waals surface area contributed by atoms with E-state index in [0.717, 1.165) is 73.8 Å². The van der Waals surface area contributed by atoms with Crippen LogP contribution >= 0.6 is 7.14 Å². The summed E-state index contributed by atoms with van der Waals surface area (Å²) < 4.78 is 20.7. The average Bonchev–Trinajstić information content (AvgIpc) is 3.50. The maximum atomic E-state index is 13.1. The van der Waals surface area contributed by atoms with E-state index in [4.69, 9.17) is 9.72 Å². The number of hydrogen-bond donors (Lipinski definition) is 3. The maximum absolute atomic E-state index is 13.1. The maximum Gasteiger partial charge on any atom is 0.229 e. The molecule has 0 aliphatic carbocycles. The van der Waals surface area contributed by atoms with Gasteiger partial charge in [-0.1, -0.05) is 24.3 Å². The Kier molecular flexibility index (Phi) is 9.58. The summed E-state index contributed by atoms with van der Waals surface area (Å²) in [6.45, 7) is 14.1. The van der Waals surface area contributed by atoms with Crippen LogP contribution in [0, 0.1) is 6.92 Å². The molecule has 2 aliphatic rings. The minimum atomic E-state index is -2.57. The highest BCUT2D eigenvalue weighted by Gasteiger charge is 2.27. The van der Waals surface area contributed by atoms with E-state index in [1.807, 2.05) is 37.4 Å². The molecular weight excluding hydrogens is 599 g/mol. The number of benzene rings is 2. The van der Waals surface area contributed by atoms with Crippen molar-refractivity contribution in [2.75, 3.05) is 75.2 Å². The fourth-order valence-corrected chi connectivity index (χ4v) is 7.59. The van der Waals surface area contributed by atoms with Gasteiger partial charge in [0.25, 0.3) is 0 Å². The molecule has 2 saturated heterocycles. The second-order valence-corrected chi connectivity index (χ2v) is 15.6. The van der Waals surface area contributed by atoms with Crippen LogP contribution in [0.2, 0.25) is 0 Å². The number of ether oxygens (including phenoxy) is 1. The number of nitrogens with zero attached hydrogens (tertiary/aromatic N) is 7. The summed E-state index contributed by atoms with van der Waals surface area (Å²) in [5.41, 5.74) is 5.36. The van der Waals surface area contributed by atoms with Gasteiger partial charge in [0.15, 0.2) is 5.82 Å². The van der Waals surface area contributed by atoms with Gasteiger partial charge in [-0.05, 0) is 63.3 Å². The highest BCUT2D eigenvalue weighted by atomic mass is 31.2. The Morgan fingerprint density at radius 2 is 1.78 bits per heavy atom. The summed E-state index contributed by atoms with van der Waals surface area (Å²) in [7, 11) is -0.876. The zero-order valence-corrected chi connectivity index (χ0v) is 28.3. The molecule has 12 nitrogen and oxygen atoms in total. The van der Waals surface area contributed by atoms with Crippen LogP contribution in [0.15, 0.2) is 48.8 Å². The highest BCUT2D eigenvalue weighted by molar-refractivity contribution is 7.70. The van der Waals surface area contributed by atoms with Crippen molar-refractivity contribution >= 4 is 41.3 Å². The Hall–Kier alpha value is -3.99. The number of aryl methyl sites for hydroxylation is 2. The standard InChI is InChI=1S/C33H45N10O2P/c1-6-24-19-27(30(45-3)20-28(24)42-15-11-25(12-16-42)41-17-13-34-14-18-41)37-33-35-21-29(43-22-23(2)39-40-43)32(38-33)36-26-9-7-8-10-31(26)46(4,5)44/h7-10,19-22,25,34H,6,11-18H2,1-5H3,(H2,35,36,37,38). The molecule has 13 heteroatoms. The van der Waals surface area contributed by atoms with Crippen molar-refractivity contribution in [3.05, 3.63) is 60.0 Å². The van der Waals surface area contributed by atoms with Gasteiger partial charge in [-0.2, -0.15) is 4.98 Å². The molecule has 4 heterocycles. The fraction of sp³-hybridized carbons (Fsp3) is 0.455. The molecule has 0 amide bonds. The SMILES string of the molecule is CCc1cc(Nc2ncc(-n3cc(C)nn3)c(Nc3ccccc3P(C)(C)=O)n2)c(OC)cc1N1CCC(N2CCNCC2)CC1. The third kappa shape index (κ3) is 7.04. The van der Waals surface area contributed by atoms with Gasteiger partial charge in [0.1, 0.15) is 18.6 Å². The van der Waals surface area contributed by atoms with Crippen molar-refractivity contribution in [2.45, 2.75) is 39.2 Å². The quantitative estimate of drug-likeness (QED) is 0.211. The molecule has 0 unspecified atom stereocenters. The largest absolute Gasteiger partial charge is 0.494 e. The fourth-order valence-electron chi connectivity index (χ4n) is 6.43. The van der Waals surface area contributed by atoms with E-state index in [2.05, 4.69) is 60.1 Å². The van der Waals surface area contributed by atoms with Crippen LogP contribution < -0.4 is 30.9 Å². The van der Waals surface area contributed by atoms with Crippen LogP contribution in [-0.2, 0) is 11.0 Å². The number of methoxy groups -OCH3 is 1. The lowest BCUT2D eigenvalue weighted by Crippen LogP contribution is -2.52. The van der Waals surface area contributed by atoms with E-state index in [0.29, 0.717) is 23.5 Å². The molecule has 0 bridgehead atoms. The van der Waals surface area contributed by atoms with Crippen molar-refractivity contribution in [2.24, 2.45) is 0 Å². The molecule has 2 aromatic heterocycles. The molecule has 2 aromatic carbocycles. The first-order chi connectivity index (χ1) is 22.2. The highest BCUT2D eigenvalue weighted by Crippen LogP contribution is 2.39. The minimum absolute atomic E-state index is 0.390. The van der Waals surface area contributed by atoms with Gasteiger partial charge < -0.3 is 30.2 Å². The van der Waals surface area contributed by atoms with Gasteiger partial charge in [-0.3, -0.25) is 4.90 Å². The Morgan fingerprint density at radius 1 is 1.02 bits per heavy atom. The van der Waals surface area contributed by atoms with Gasteiger partial charge in [-0.25, -0.2) is 9.67 Å². The smallest absolute Gasteiger partial charge is 0.229 e. The Labute approximate surface area is 271 Å². The monoisotopic (exact) mass is 644 g/mol. The number of hydrogen-bond acceptors (Lipinski definition) is 11. The summed E-state index contributed by atoms with van der Waals surface area (Å²) in [6.07, 6.45) is 6.74. The molecule has 0 saturated carbocycles. The van der Waals surface area contributed by atoms with Gasteiger partial charge in [0, 0.05) is 62.4 Å². The van der Waals surface area contributed by atoms with Gasteiger partial charge in [0.05, 0.1) is 36.6 Å². The zero-order valence-electron chi connectivity index (χ0n) is 27.5. The second-order valence-electron chi connectivity index (χ2n) is 12.4. The van der Waals surface area contributed by atoms with Crippen LogP contribution in [0.25, 0.3) is 5.69 Å². The normalized spacial score (nSPS) is 16.4. The first-order valence-corrected chi connectivity index (χ1v) is 18.7. The summed E-state index contributed by atoms with van der Waals surface area (Å²) in [5.74, 6) is 1.62. The van der Waals surface area contributed by atoms with E-state index in [-0.39, 0.29) is 0 Å². The number of piperidine rings is 1. The molecular formula is C33H45N10O2P. The summed E-state index contributed by atoms with van der Waals surface area (Å²) >= 11 is 0. The second kappa shape index (κ2) is 13.8. The van der Waals surface area contributed by atoms with Gasteiger partial charge in [0.2, 0.25) is 5.95 Å². The summed E-state index contributed by atoms with van der Waals surface area (Å²) in [5, 5.41) is 19.4. The Morgan fingerprint density at radius 3 is 2.46 bits per heavy atom. The molecule has 2 aliphatic heterocycles. The number of para-hydroxylation sites is 1. The topological polar surface area (TPSA) is 125 Å². The van der Waals surface area contributed by atoms with E-state index >= 15 is 0 Å². The molecule has 0 radical (unpaired) electrons. The van der Waals surface area contributed by atoms with E-state index in [1.54, 1.807) is 31.3 Å². The van der Waals surface area contributed by atoms with Crippen LogP contribution in [0.1, 0.15) is 31.0 Å². The van der Waals surface area contributed by atoms with Gasteiger partial charge in [-0.15, -0.1) is 5.10 Å². The zero-order chi connectivity index (χ0) is 32.3. The average molecular weight is 645 g/mol. The van der Waals surface area contributed by atoms with Crippen molar-refractivity contribution in [1.29, 1.82) is 0 Å². The molecule has 3 N–H and O–H groups in total. The molecule has 0 spiro atoms. The van der Waals surface area contributed by atoms with E-state index in [1.165, 1.54) is 24.1 Å². The van der Waals surface area contributed by atoms with Crippen molar-refractivity contribution in [3.63, 3.8) is 0 Å². The number of rotatable bonds is 10. The van der Waals surface area contributed by atoms with Crippen molar-refractivity contribution in [1.82, 2.24) is 35.2 Å². The van der Waals surface area contributed by atoms with Gasteiger partial charge >= 0.3 is 0 Å². The number of nitrogens with one attached hydrogen (secondary N) is 3. The van der Waals surface area contributed by atoms with Crippen molar-refractivity contribution < 1.29 is 9.30 Å². The first kappa shape index (κ1) is 32.0. The molecule has 4 aromatic rings. The number of anilines is 5. The lowest BCUT2D eigenvalue weighted by atomic mass is 9.99. The lowest BCUT2D eigenvalue weighted by Gasteiger charge is -2.41. The third-order valence-electron chi connectivity index (χ3n) is 8.86. The molecule has 2 fully saturated rings. The molecule has 0 atom stereocenters. The van der Waals surface area contributed by atoms with E-state index in [9.17, 15) is 4.57 Å². The Balaban J connectivity index is 1.28. The van der Waals surface area contributed by atoms with E-state index < -0.39 is 7.14 Å². The third-order valence-corrected chi connectivity index (χ3v) is 10.4. The molecule has 244 valence electrons. The Bertz CT molecular complexity index is 1710. The van der Waals surface area contributed by atoms with Crippen molar-refractivity contribution in [3.8, 4) is 11.4 Å². The van der Waals surface area contributed by atoms with Crippen LogP contribution in [-0.4, -0.2) is 95.6 Å². The molecule has 6 rings (SSSR count). The van der Waals surface area contributed by atoms with Crippen LogP contribution in [0.5, 0.6) is 5.75 Å². The van der Waals surface area contributed by atoms with Crippen LogP contribution in [0.4, 0.5) is 28.8 Å². The lowest BCUT2D eigenvalue weighted by molar-refractivity contribution is 0.150. The minimum Gasteiger partial charge on any atom is -0.494 e.